The van der Waals surface area contributed by atoms with Crippen LogP contribution >= 0.6 is 0 Å². The molecule has 2 saturated carbocycles. The quantitative estimate of drug-likeness (QED) is 0.748. The van der Waals surface area contributed by atoms with Gasteiger partial charge in [-0.3, -0.25) is 9.59 Å². The number of Topliss-reactive ketones (excluding diaryl/α,β-unsaturated/α-hetero) is 1. The molecule has 2 fully saturated rings. The Morgan fingerprint density at radius 3 is 2.56 bits per heavy atom. The molecule has 2 bridgehead atoms. The summed E-state index contributed by atoms with van der Waals surface area (Å²) in [6.45, 7) is 2.07. The minimum Gasteiger partial charge on any atom is -0.455 e. The Hall–Kier alpha value is -2.50. The highest BCUT2D eigenvalue weighted by Crippen LogP contribution is 2.40. The van der Waals surface area contributed by atoms with Gasteiger partial charge in [-0.2, -0.15) is 4.98 Å². The van der Waals surface area contributed by atoms with Gasteiger partial charge in [0.2, 0.25) is 5.82 Å². The molecule has 0 spiro atoms. The molecule has 1 heterocycles. The number of ketones is 1. The van der Waals surface area contributed by atoms with E-state index >= 15 is 0 Å². The number of carbonyl (C=O) groups excluding carboxylic acids is 2. The topological polar surface area (TPSA) is 82.3 Å². The molecule has 3 atom stereocenters. The summed E-state index contributed by atoms with van der Waals surface area (Å²) >= 11 is 0. The second-order valence-corrected chi connectivity index (χ2v) is 7.57. The lowest BCUT2D eigenvalue weighted by Gasteiger charge is -2.36. The van der Waals surface area contributed by atoms with Crippen LogP contribution in [0.15, 0.2) is 28.8 Å². The van der Waals surface area contributed by atoms with Gasteiger partial charge in [0, 0.05) is 17.4 Å². The van der Waals surface area contributed by atoms with Gasteiger partial charge >= 0.3 is 5.97 Å². The molecule has 142 valence electrons. The first-order valence-corrected chi connectivity index (χ1v) is 9.76. The summed E-state index contributed by atoms with van der Waals surface area (Å²) in [5, 5.41) is 3.97. The van der Waals surface area contributed by atoms with Crippen LogP contribution in [0.25, 0.3) is 11.4 Å². The Morgan fingerprint density at radius 2 is 1.89 bits per heavy atom. The maximum Gasteiger partial charge on any atom is 0.309 e. The van der Waals surface area contributed by atoms with Gasteiger partial charge in [0.25, 0.3) is 5.89 Å². The van der Waals surface area contributed by atoms with E-state index in [1.807, 2.05) is 24.3 Å². The van der Waals surface area contributed by atoms with Gasteiger partial charge in [-0.15, -0.1) is 0 Å². The number of esters is 1. The van der Waals surface area contributed by atoms with E-state index in [9.17, 15) is 9.59 Å². The Labute approximate surface area is 158 Å². The van der Waals surface area contributed by atoms with Crippen molar-refractivity contribution < 1.29 is 18.8 Å². The number of hydrogen-bond acceptors (Lipinski definition) is 6. The molecule has 0 saturated heterocycles. The molecule has 27 heavy (non-hydrogen) atoms. The first kappa shape index (κ1) is 17.9. The van der Waals surface area contributed by atoms with E-state index in [1.54, 1.807) is 0 Å². The average Bonchev–Trinajstić information content (AvgIpc) is 3.15. The maximum atomic E-state index is 12.4. The van der Waals surface area contributed by atoms with E-state index in [2.05, 4.69) is 17.1 Å². The fourth-order valence-corrected chi connectivity index (χ4v) is 4.24. The first-order valence-electron chi connectivity index (χ1n) is 9.76. The standard InChI is InChI=1S/C21H24N2O4/c1-2-13-6-8-14(9-7-13)20-22-18(27-23-20)12-26-21(25)17-10-15-4-3-5-16(11-17)19(15)24/h6-9,15-17H,2-5,10-12H2,1H3/t15-,16+,17?. The summed E-state index contributed by atoms with van der Waals surface area (Å²) in [7, 11) is 0. The number of aromatic nitrogens is 2. The Balaban J connectivity index is 1.34. The molecule has 6 nitrogen and oxygen atoms in total. The number of rotatable bonds is 5. The van der Waals surface area contributed by atoms with Crippen molar-refractivity contribution in [2.24, 2.45) is 17.8 Å². The van der Waals surface area contributed by atoms with E-state index in [1.165, 1.54) is 5.56 Å². The highest BCUT2D eigenvalue weighted by molar-refractivity contribution is 5.87. The monoisotopic (exact) mass is 368 g/mol. The molecule has 1 aromatic carbocycles. The Bertz CT molecular complexity index is 811. The summed E-state index contributed by atoms with van der Waals surface area (Å²) in [6, 6.07) is 7.98. The van der Waals surface area contributed by atoms with Crippen molar-refractivity contribution in [1.29, 1.82) is 0 Å². The molecule has 2 aliphatic rings. The molecule has 2 aliphatic carbocycles. The maximum absolute atomic E-state index is 12.4. The number of benzene rings is 1. The molecule has 6 heteroatoms. The normalized spacial score (nSPS) is 24.6. The van der Waals surface area contributed by atoms with Gasteiger partial charge in [0.15, 0.2) is 6.61 Å². The van der Waals surface area contributed by atoms with Gasteiger partial charge in [-0.25, -0.2) is 0 Å². The van der Waals surface area contributed by atoms with Gasteiger partial charge < -0.3 is 9.26 Å². The third kappa shape index (κ3) is 3.80. The highest BCUT2D eigenvalue weighted by Gasteiger charge is 2.41. The van der Waals surface area contributed by atoms with E-state index < -0.39 is 0 Å². The van der Waals surface area contributed by atoms with E-state index in [0.717, 1.165) is 31.2 Å². The Morgan fingerprint density at radius 1 is 1.19 bits per heavy atom. The zero-order chi connectivity index (χ0) is 18.8. The smallest absolute Gasteiger partial charge is 0.309 e. The summed E-state index contributed by atoms with van der Waals surface area (Å²) < 4.78 is 10.6. The van der Waals surface area contributed by atoms with E-state index in [4.69, 9.17) is 9.26 Å². The van der Waals surface area contributed by atoms with Crippen LogP contribution < -0.4 is 0 Å². The number of aryl methyl sites for hydroxylation is 1. The van der Waals surface area contributed by atoms with Crippen molar-refractivity contribution in [2.45, 2.75) is 52.1 Å². The lowest BCUT2D eigenvalue weighted by atomic mass is 9.67. The number of nitrogens with zero attached hydrogens (tertiary/aromatic N) is 2. The van der Waals surface area contributed by atoms with Crippen molar-refractivity contribution in [3.8, 4) is 11.4 Å². The molecule has 1 aromatic heterocycles. The van der Waals surface area contributed by atoms with Gasteiger partial charge in [-0.05, 0) is 37.7 Å². The molecule has 0 radical (unpaired) electrons. The molecule has 1 unspecified atom stereocenters. The van der Waals surface area contributed by atoms with Crippen molar-refractivity contribution in [3.63, 3.8) is 0 Å². The van der Waals surface area contributed by atoms with Crippen LogP contribution in [0.3, 0.4) is 0 Å². The largest absolute Gasteiger partial charge is 0.455 e. The van der Waals surface area contributed by atoms with Gasteiger partial charge in [-0.1, -0.05) is 42.8 Å². The van der Waals surface area contributed by atoms with Gasteiger partial charge in [0.1, 0.15) is 5.78 Å². The second-order valence-electron chi connectivity index (χ2n) is 7.57. The van der Waals surface area contributed by atoms with Crippen LogP contribution in [-0.2, 0) is 27.4 Å². The fourth-order valence-electron chi connectivity index (χ4n) is 4.24. The molecule has 4 rings (SSSR count). The Kier molecular flexibility index (Phi) is 5.05. The minimum atomic E-state index is -0.258. The summed E-state index contributed by atoms with van der Waals surface area (Å²) in [4.78, 5) is 28.9. The van der Waals surface area contributed by atoms with E-state index in [0.29, 0.717) is 24.4 Å². The first-order chi connectivity index (χ1) is 13.1. The zero-order valence-electron chi connectivity index (χ0n) is 15.5. The van der Waals surface area contributed by atoms with Crippen LogP contribution in [0.5, 0.6) is 0 Å². The van der Waals surface area contributed by atoms with Crippen molar-refractivity contribution >= 4 is 11.8 Å². The lowest BCUT2D eigenvalue weighted by molar-refractivity contribution is -0.155. The lowest BCUT2D eigenvalue weighted by Crippen LogP contribution is -2.39. The van der Waals surface area contributed by atoms with Crippen molar-refractivity contribution in [1.82, 2.24) is 10.1 Å². The molecular weight excluding hydrogens is 344 g/mol. The highest BCUT2D eigenvalue weighted by atomic mass is 16.6. The number of carbonyl (C=O) groups is 2. The van der Waals surface area contributed by atoms with Crippen LogP contribution in [0.2, 0.25) is 0 Å². The SMILES string of the molecule is CCc1ccc(-c2noc(COC(=O)C3C[C@H]4CCC[C@@H](C3)C4=O)n2)cc1. The predicted octanol–water partition coefficient (Wildman–Crippen LogP) is 3.74. The van der Waals surface area contributed by atoms with Gasteiger partial charge in [0.05, 0.1) is 5.92 Å². The minimum absolute atomic E-state index is 0.0291. The van der Waals surface area contributed by atoms with E-state index in [-0.39, 0.29) is 36.2 Å². The molecule has 0 N–H and O–H groups in total. The number of hydrogen-bond donors (Lipinski definition) is 0. The average molecular weight is 368 g/mol. The third-order valence-electron chi connectivity index (χ3n) is 5.81. The van der Waals surface area contributed by atoms with Crippen LogP contribution in [0, 0.1) is 17.8 Å². The molecule has 0 aliphatic heterocycles. The van der Waals surface area contributed by atoms with Crippen LogP contribution in [0.1, 0.15) is 50.5 Å². The number of fused-ring (bicyclic) bond motifs is 2. The fraction of sp³-hybridized carbons (Fsp3) is 0.524. The van der Waals surface area contributed by atoms with Crippen LogP contribution in [-0.4, -0.2) is 21.9 Å². The molecular formula is C21H24N2O4. The summed E-state index contributed by atoms with van der Waals surface area (Å²) in [5.41, 5.74) is 2.11. The summed E-state index contributed by atoms with van der Waals surface area (Å²) in [6.07, 6.45) is 5.11. The van der Waals surface area contributed by atoms with Crippen LogP contribution in [0.4, 0.5) is 0 Å². The molecule has 0 amide bonds. The predicted molar refractivity (Wildman–Crippen MR) is 97.5 cm³/mol. The van der Waals surface area contributed by atoms with Crippen molar-refractivity contribution in [3.05, 3.63) is 35.7 Å². The number of ether oxygens (including phenoxy) is 1. The molecule has 2 aromatic rings. The zero-order valence-corrected chi connectivity index (χ0v) is 15.5. The van der Waals surface area contributed by atoms with Crippen molar-refractivity contribution in [2.75, 3.05) is 0 Å². The summed E-state index contributed by atoms with van der Waals surface area (Å²) in [5.74, 6) is 0.744. The second kappa shape index (κ2) is 7.62. The third-order valence-corrected chi connectivity index (χ3v) is 5.81.